The van der Waals surface area contributed by atoms with Gasteiger partial charge in [-0.05, 0) is 54.5 Å². The van der Waals surface area contributed by atoms with Gasteiger partial charge in [0, 0.05) is 16.7 Å². The predicted octanol–water partition coefficient (Wildman–Crippen LogP) is 5.13. The monoisotopic (exact) mass is 381 g/mol. The smallest absolute Gasteiger partial charge is 0.267 e. The highest BCUT2D eigenvalue weighted by molar-refractivity contribution is 8.03. The second kappa shape index (κ2) is 10.9. The van der Waals surface area contributed by atoms with E-state index in [0.717, 1.165) is 28.0 Å². The highest BCUT2D eigenvalue weighted by Crippen LogP contribution is 2.26. The molecule has 0 saturated heterocycles. The first kappa shape index (κ1) is 20.3. The van der Waals surface area contributed by atoms with Crippen molar-refractivity contribution in [1.82, 2.24) is 10.4 Å². The van der Waals surface area contributed by atoms with E-state index < -0.39 is 11.7 Å². The van der Waals surface area contributed by atoms with Crippen molar-refractivity contribution in [1.29, 1.82) is 0 Å². The van der Waals surface area contributed by atoms with Crippen LogP contribution in [0.4, 0.5) is 4.39 Å². The molecule has 1 amide bonds. The Balaban J connectivity index is 2.06. The molecule has 1 aromatic heterocycles. The summed E-state index contributed by atoms with van der Waals surface area (Å²) in [5, 5.41) is 4.84. The first-order valence-electron chi connectivity index (χ1n) is 8.33. The van der Waals surface area contributed by atoms with Gasteiger partial charge in [0.2, 0.25) is 0 Å². The molecule has 0 atom stereocenters. The molecule has 2 aromatic rings. The molecule has 27 heavy (non-hydrogen) atoms. The van der Waals surface area contributed by atoms with E-state index >= 15 is 0 Å². The zero-order valence-corrected chi connectivity index (χ0v) is 15.7. The molecule has 0 fully saturated rings. The molecule has 0 unspecified atom stereocenters. The number of hydrazone groups is 1. The molecule has 1 heterocycles. The summed E-state index contributed by atoms with van der Waals surface area (Å²) in [6.07, 6.45) is 9.58. The Labute approximate surface area is 162 Å². The number of benzene rings is 1. The third-order valence-corrected chi connectivity index (χ3v) is 4.30. The molecule has 1 aromatic carbocycles. The lowest BCUT2D eigenvalue weighted by Crippen LogP contribution is -2.17. The van der Waals surface area contributed by atoms with Crippen LogP contribution in [0.5, 0.6) is 0 Å². The van der Waals surface area contributed by atoms with Crippen LogP contribution in [-0.2, 0) is 0 Å². The molecule has 0 radical (unpaired) electrons. The number of nitrogens with one attached hydrogen (secondary N) is 1. The standard InChI is InChI=1S/C21H20FN3OS/c1-3-8-19(27-20-11-5-6-12-23-20)13-16(4-2)15-24-25-21(26)17-9-7-10-18(22)14-17/h3,5-15H,1,4H2,2H3,(H,25,26). The summed E-state index contributed by atoms with van der Waals surface area (Å²) >= 11 is 1.51. The number of thioether (sulfide) groups is 1. The fourth-order valence-corrected chi connectivity index (χ4v) is 2.91. The SMILES string of the molecule is C=CC=C(C=C(C=NNC(=O)c1cccc(F)c1)CC)Sc1ccccn1. The number of carbonyl (C=O) groups is 1. The first-order chi connectivity index (χ1) is 13.1. The molecule has 2 rings (SSSR count). The normalized spacial score (nSPS) is 12.2. The second-order valence-corrected chi connectivity index (χ2v) is 6.45. The van der Waals surface area contributed by atoms with E-state index in [4.69, 9.17) is 0 Å². The van der Waals surface area contributed by atoms with E-state index in [1.54, 1.807) is 18.5 Å². The van der Waals surface area contributed by atoms with E-state index in [1.165, 1.54) is 30.0 Å². The van der Waals surface area contributed by atoms with Crippen LogP contribution < -0.4 is 5.43 Å². The third kappa shape index (κ3) is 7.03. The molecule has 138 valence electrons. The molecule has 4 nitrogen and oxygen atoms in total. The summed E-state index contributed by atoms with van der Waals surface area (Å²) in [6, 6.07) is 11.2. The summed E-state index contributed by atoms with van der Waals surface area (Å²) < 4.78 is 13.2. The molecule has 0 aliphatic rings. The maximum atomic E-state index is 13.2. The van der Waals surface area contributed by atoms with Gasteiger partial charge in [0.1, 0.15) is 10.8 Å². The maximum absolute atomic E-state index is 13.2. The number of aromatic nitrogens is 1. The Hall–Kier alpha value is -2.99. The zero-order valence-electron chi connectivity index (χ0n) is 14.9. The van der Waals surface area contributed by atoms with Gasteiger partial charge in [0.15, 0.2) is 0 Å². The average Bonchev–Trinajstić information content (AvgIpc) is 2.68. The van der Waals surface area contributed by atoms with Crippen molar-refractivity contribution in [2.75, 3.05) is 0 Å². The second-order valence-electron chi connectivity index (χ2n) is 5.36. The maximum Gasteiger partial charge on any atom is 0.271 e. The van der Waals surface area contributed by atoms with Crippen LogP contribution in [0.2, 0.25) is 0 Å². The van der Waals surface area contributed by atoms with E-state index in [1.807, 2.05) is 37.3 Å². The van der Waals surface area contributed by atoms with Gasteiger partial charge in [-0.3, -0.25) is 4.79 Å². The summed E-state index contributed by atoms with van der Waals surface area (Å²) in [4.78, 5) is 17.2. The van der Waals surface area contributed by atoms with Crippen LogP contribution in [-0.4, -0.2) is 17.1 Å². The van der Waals surface area contributed by atoms with E-state index in [-0.39, 0.29) is 5.56 Å². The number of carbonyl (C=O) groups excluding carboxylic acids is 1. The fourth-order valence-electron chi connectivity index (χ4n) is 2.04. The first-order valence-corrected chi connectivity index (χ1v) is 9.15. The Morgan fingerprint density at radius 3 is 2.85 bits per heavy atom. The lowest BCUT2D eigenvalue weighted by atomic mass is 10.2. The van der Waals surface area contributed by atoms with Crippen LogP contribution in [0.1, 0.15) is 23.7 Å². The minimum absolute atomic E-state index is 0.215. The van der Waals surface area contributed by atoms with Crippen molar-refractivity contribution in [3.8, 4) is 0 Å². The summed E-state index contributed by atoms with van der Waals surface area (Å²) in [5.74, 6) is -0.933. The Bertz CT molecular complexity index is 876. The molecule has 0 spiro atoms. The van der Waals surface area contributed by atoms with Gasteiger partial charge >= 0.3 is 0 Å². The zero-order chi connectivity index (χ0) is 19.5. The quantitative estimate of drug-likeness (QED) is 0.298. The molecule has 6 heteroatoms. The summed E-state index contributed by atoms with van der Waals surface area (Å²) in [6.45, 7) is 5.73. The summed E-state index contributed by atoms with van der Waals surface area (Å²) in [7, 11) is 0. The van der Waals surface area contributed by atoms with Crippen LogP contribution in [0.25, 0.3) is 0 Å². The number of hydrogen-bond donors (Lipinski definition) is 1. The van der Waals surface area contributed by atoms with Crippen molar-refractivity contribution in [3.05, 3.63) is 95.3 Å². The molecular formula is C21H20FN3OS. The fraction of sp³-hybridized carbons (Fsp3) is 0.0952. The molecule has 0 bridgehead atoms. The van der Waals surface area contributed by atoms with Gasteiger partial charge in [-0.25, -0.2) is 14.8 Å². The van der Waals surface area contributed by atoms with E-state index in [9.17, 15) is 9.18 Å². The number of pyridine rings is 1. The Morgan fingerprint density at radius 1 is 1.33 bits per heavy atom. The number of rotatable bonds is 8. The number of allylic oxidation sites excluding steroid dienone is 4. The minimum atomic E-state index is -0.467. The largest absolute Gasteiger partial charge is 0.271 e. The highest BCUT2D eigenvalue weighted by atomic mass is 32.2. The third-order valence-electron chi connectivity index (χ3n) is 3.36. The van der Waals surface area contributed by atoms with E-state index in [0.29, 0.717) is 0 Å². The minimum Gasteiger partial charge on any atom is -0.267 e. The van der Waals surface area contributed by atoms with Gasteiger partial charge < -0.3 is 0 Å². The predicted molar refractivity (Wildman–Crippen MR) is 109 cm³/mol. The van der Waals surface area contributed by atoms with E-state index in [2.05, 4.69) is 22.1 Å². The lowest BCUT2D eigenvalue weighted by Gasteiger charge is -2.04. The van der Waals surface area contributed by atoms with Crippen molar-refractivity contribution in [2.24, 2.45) is 5.10 Å². The van der Waals surface area contributed by atoms with Crippen molar-refractivity contribution in [3.63, 3.8) is 0 Å². The Kier molecular flexibility index (Phi) is 8.19. The van der Waals surface area contributed by atoms with Gasteiger partial charge in [-0.2, -0.15) is 5.10 Å². The molecule has 0 aliphatic carbocycles. The Morgan fingerprint density at radius 2 is 2.19 bits per heavy atom. The highest BCUT2D eigenvalue weighted by Gasteiger charge is 2.05. The van der Waals surface area contributed by atoms with Crippen LogP contribution in [0.15, 0.2) is 94.1 Å². The van der Waals surface area contributed by atoms with Gasteiger partial charge in [0.25, 0.3) is 5.91 Å². The molecular weight excluding hydrogens is 361 g/mol. The topological polar surface area (TPSA) is 54.4 Å². The van der Waals surface area contributed by atoms with Crippen LogP contribution >= 0.6 is 11.8 Å². The number of halogens is 1. The van der Waals surface area contributed by atoms with Crippen LogP contribution in [0.3, 0.4) is 0 Å². The average molecular weight is 381 g/mol. The molecule has 0 aliphatic heterocycles. The van der Waals surface area contributed by atoms with Crippen LogP contribution in [0, 0.1) is 5.82 Å². The number of amides is 1. The number of hydrogen-bond acceptors (Lipinski definition) is 4. The van der Waals surface area contributed by atoms with Gasteiger partial charge in [-0.15, -0.1) is 0 Å². The molecule has 1 N–H and O–H groups in total. The van der Waals surface area contributed by atoms with Crippen molar-refractivity contribution >= 4 is 23.9 Å². The molecule has 0 saturated carbocycles. The van der Waals surface area contributed by atoms with Gasteiger partial charge in [0.05, 0.1) is 6.21 Å². The number of nitrogens with zero attached hydrogens (tertiary/aromatic N) is 2. The van der Waals surface area contributed by atoms with Gasteiger partial charge in [-0.1, -0.05) is 43.5 Å². The van der Waals surface area contributed by atoms with Crippen molar-refractivity contribution < 1.29 is 9.18 Å². The summed E-state index contributed by atoms with van der Waals surface area (Å²) in [5.41, 5.74) is 3.53. The lowest BCUT2D eigenvalue weighted by molar-refractivity contribution is 0.0954. The van der Waals surface area contributed by atoms with Crippen molar-refractivity contribution in [2.45, 2.75) is 18.4 Å².